The van der Waals surface area contributed by atoms with Crippen molar-refractivity contribution in [3.05, 3.63) is 95.1 Å². The minimum atomic E-state index is -3.40. The summed E-state index contributed by atoms with van der Waals surface area (Å²) in [4.78, 5) is 18.0. The summed E-state index contributed by atoms with van der Waals surface area (Å²) in [5, 5.41) is 4.99. The topological polar surface area (TPSA) is 101 Å². The fourth-order valence-electron chi connectivity index (χ4n) is 3.69. The monoisotopic (exact) mass is 486 g/mol. The lowest BCUT2D eigenvalue weighted by molar-refractivity contribution is 0.0956. The fraction of sp³-hybridized carbons (Fsp3) is 0.148. The molecule has 1 amide bonds. The number of hydrogen-bond acceptors (Lipinski definition) is 5. The molecule has 2 N–H and O–H groups in total. The van der Waals surface area contributed by atoms with Gasteiger partial charge in [0.25, 0.3) is 5.91 Å². The molecule has 178 valence electrons. The molecule has 8 heteroatoms. The molecule has 0 saturated heterocycles. The van der Waals surface area contributed by atoms with Gasteiger partial charge < -0.3 is 0 Å². The van der Waals surface area contributed by atoms with E-state index in [2.05, 4.69) is 28.2 Å². The molecule has 0 aliphatic heterocycles. The van der Waals surface area contributed by atoms with Gasteiger partial charge in [0.1, 0.15) is 0 Å². The van der Waals surface area contributed by atoms with E-state index < -0.39 is 10.0 Å². The Bertz CT molecular complexity index is 1580. The average molecular weight is 487 g/mol. The zero-order chi connectivity index (χ0) is 25.2. The third-order valence-corrected chi connectivity index (χ3v) is 6.28. The lowest BCUT2D eigenvalue weighted by Crippen LogP contribution is -2.20. The van der Waals surface area contributed by atoms with E-state index in [9.17, 15) is 13.2 Å². The average Bonchev–Trinajstić information content (AvgIpc) is 2.82. The number of para-hydroxylation sites is 1. The van der Waals surface area contributed by atoms with Crippen LogP contribution in [0.4, 0.5) is 5.69 Å². The van der Waals surface area contributed by atoms with E-state index in [1.54, 1.807) is 37.3 Å². The number of benzene rings is 3. The minimum absolute atomic E-state index is 0.363. The number of hydrogen-bond donors (Lipinski definition) is 2. The molecule has 0 unspecified atom stereocenters. The number of pyridine rings is 1. The van der Waals surface area contributed by atoms with Gasteiger partial charge in [-0.15, -0.1) is 0 Å². The van der Waals surface area contributed by atoms with Crippen molar-refractivity contribution >= 4 is 38.2 Å². The van der Waals surface area contributed by atoms with Gasteiger partial charge in [-0.3, -0.25) is 9.52 Å². The van der Waals surface area contributed by atoms with Crippen LogP contribution in [-0.4, -0.2) is 31.3 Å². The van der Waals surface area contributed by atoms with E-state index >= 15 is 0 Å². The lowest BCUT2D eigenvalue weighted by atomic mass is 10.0. The third kappa shape index (κ3) is 5.73. The van der Waals surface area contributed by atoms with E-state index in [0.29, 0.717) is 33.7 Å². The summed E-state index contributed by atoms with van der Waals surface area (Å²) >= 11 is 0. The minimum Gasteiger partial charge on any atom is -0.284 e. The van der Waals surface area contributed by atoms with Crippen LogP contribution in [0.3, 0.4) is 0 Å². The summed E-state index contributed by atoms with van der Waals surface area (Å²) in [5.74, 6) is -0.363. The first kappa shape index (κ1) is 24.1. The summed E-state index contributed by atoms with van der Waals surface area (Å²) in [7, 11) is -3.40. The number of fused-ring (bicyclic) bond motifs is 1. The second-order valence-electron chi connectivity index (χ2n) is 8.46. The molecule has 0 spiro atoms. The summed E-state index contributed by atoms with van der Waals surface area (Å²) in [6.45, 7) is 5.84. The van der Waals surface area contributed by atoms with Gasteiger partial charge in [0.2, 0.25) is 10.0 Å². The Morgan fingerprint density at radius 2 is 1.69 bits per heavy atom. The Morgan fingerprint density at radius 3 is 2.43 bits per heavy atom. The van der Waals surface area contributed by atoms with Gasteiger partial charge in [-0.25, -0.2) is 18.8 Å². The van der Waals surface area contributed by atoms with Gasteiger partial charge in [0.05, 0.1) is 28.7 Å². The highest BCUT2D eigenvalue weighted by molar-refractivity contribution is 7.92. The van der Waals surface area contributed by atoms with Crippen LogP contribution in [0.25, 0.3) is 22.2 Å². The molecule has 3 aromatic carbocycles. The van der Waals surface area contributed by atoms with Gasteiger partial charge in [-0.1, -0.05) is 42.5 Å². The maximum absolute atomic E-state index is 13.2. The maximum Gasteiger partial charge on any atom is 0.272 e. The first-order valence-electron chi connectivity index (χ1n) is 11.0. The Balaban J connectivity index is 1.66. The van der Waals surface area contributed by atoms with Crippen LogP contribution in [0.2, 0.25) is 0 Å². The molecule has 0 radical (unpaired) electrons. The van der Waals surface area contributed by atoms with Gasteiger partial charge in [-0.2, -0.15) is 5.10 Å². The number of rotatable bonds is 6. The van der Waals surface area contributed by atoms with Crippen molar-refractivity contribution in [2.75, 3.05) is 11.0 Å². The lowest BCUT2D eigenvalue weighted by Gasteiger charge is -2.11. The molecular formula is C27H26N4O3S. The number of carbonyl (C=O) groups excluding carboxylic acids is 1. The predicted octanol–water partition coefficient (Wildman–Crippen LogP) is 5.04. The van der Waals surface area contributed by atoms with Crippen molar-refractivity contribution in [1.82, 2.24) is 10.4 Å². The van der Waals surface area contributed by atoms with Crippen LogP contribution in [0.5, 0.6) is 0 Å². The number of nitrogens with zero attached hydrogens (tertiary/aromatic N) is 2. The number of carbonyl (C=O) groups is 1. The Hall–Kier alpha value is -4.04. The Labute approximate surface area is 205 Å². The van der Waals surface area contributed by atoms with Crippen LogP contribution in [0.15, 0.2) is 77.9 Å². The molecule has 0 fully saturated rings. The molecule has 0 saturated carbocycles. The van der Waals surface area contributed by atoms with Gasteiger partial charge in [0.15, 0.2) is 0 Å². The smallest absolute Gasteiger partial charge is 0.272 e. The quantitative estimate of drug-likeness (QED) is 0.294. The summed E-state index contributed by atoms with van der Waals surface area (Å²) in [5.41, 5.74) is 9.42. The van der Waals surface area contributed by atoms with Crippen LogP contribution < -0.4 is 10.1 Å². The largest absolute Gasteiger partial charge is 0.284 e. The number of hydrazone groups is 1. The molecule has 0 aliphatic carbocycles. The molecule has 4 aromatic rings. The van der Waals surface area contributed by atoms with E-state index in [1.165, 1.54) is 5.56 Å². The molecule has 1 aromatic heterocycles. The third-order valence-electron chi connectivity index (χ3n) is 5.67. The van der Waals surface area contributed by atoms with Crippen LogP contribution in [0, 0.1) is 13.8 Å². The van der Waals surface area contributed by atoms with Gasteiger partial charge in [-0.05, 0) is 67.8 Å². The highest BCUT2D eigenvalue weighted by atomic mass is 32.2. The molecule has 7 nitrogen and oxygen atoms in total. The highest BCUT2D eigenvalue weighted by Crippen LogP contribution is 2.26. The summed E-state index contributed by atoms with van der Waals surface area (Å²) < 4.78 is 25.5. The van der Waals surface area contributed by atoms with E-state index in [-0.39, 0.29) is 5.91 Å². The highest BCUT2D eigenvalue weighted by Gasteiger charge is 2.14. The van der Waals surface area contributed by atoms with Gasteiger partial charge in [0, 0.05) is 16.6 Å². The van der Waals surface area contributed by atoms with Crippen molar-refractivity contribution in [3.63, 3.8) is 0 Å². The van der Waals surface area contributed by atoms with E-state index in [0.717, 1.165) is 22.8 Å². The number of sulfonamides is 1. The normalized spacial score (nSPS) is 11.9. The first-order valence-corrected chi connectivity index (χ1v) is 12.9. The number of aryl methyl sites for hydroxylation is 2. The SMILES string of the molecule is C/C(=N/NC(=O)c1cc(-c2ccc(C)c(C)c2)nc2ccccc12)c1cccc(NS(C)(=O)=O)c1. The molecule has 4 rings (SSSR count). The molecule has 0 aliphatic rings. The second kappa shape index (κ2) is 9.68. The van der Waals surface area contributed by atoms with Crippen molar-refractivity contribution in [2.24, 2.45) is 5.10 Å². The van der Waals surface area contributed by atoms with Crippen molar-refractivity contribution in [2.45, 2.75) is 20.8 Å². The zero-order valence-corrected chi connectivity index (χ0v) is 20.8. The number of aromatic nitrogens is 1. The fourth-order valence-corrected chi connectivity index (χ4v) is 4.25. The Morgan fingerprint density at radius 1 is 0.914 bits per heavy atom. The molecular weight excluding hydrogens is 460 g/mol. The molecule has 0 bridgehead atoms. The van der Waals surface area contributed by atoms with E-state index in [4.69, 9.17) is 4.98 Å². The summed E-state index contributed by atoms with van der Waals surface area (Å²) in [6.07, 6.45) is 1.09. The molecule has 1 heterocycles. The molecule has 0 atom stereocenters. The van der Waals surface area contributed by atoms with Crippen molar-refractivity contribution in [3.8, 4) is 11.3 Å². The van der Waals surface area contributed by atoms with Crippen LogP contribution >= 0.6 is 0 Å². The predicted molar refractivity (Wildman–Crippen MR) is 141 cm³/mol. The second-order valence-corrected chi connectivity index (χ2v) is 10.2. The zero-order valence-electron chi connectivity index (χ0n) is 20.0. The van der Waals surface area contributed by atoms with E-state index in [1.807, 2.05) is 43.3 Å². The van der Waals surface area contributed by atoms with Gasteiger partial charge >= 0.3 is 0 Å². The Kier molecular flexibility index (Phi) is 6.66. The molecule has 35 heavy (non-hydrogen) atoms. The van der Waals surface area contributed by atoms with Crippen LogP contribution in [0.1, 0.15) is 34.0 Å². The number of nitrogens with one attached hydrogen (secondary N) is 2. The first-order chi connectivity index (χ1) is 16.6. The van der Waals surface area contributed by atoms with Crippen LogP contribution in [-0.2, 0) is 10.0 Å². The number of anilines is 1. The maximum atomic E-state index is 13.2. The number of amides is 1. The van der Waals surface area contributed by atoms with Crippen molar-refractivity contribution in [1.29, 1.82) is 0 Å². The summed E-state index contributed by atoms with van der Waals surface area (Å²) in [6, 6.07) is 22.2. The van der Waals surface area contributed by atoms with Crippen molar-refractivity contribution < 1.29 is 13.2 Å². The standard InChI is InChI=1S/C27H26N4O3S/c1-17-12-13-21(14-18(17)2)26-16-24(23-10-5-6-11-25(23)28-26)27(32)30-29-19(3)20-8-7-9-22(15-20)31-35(4,33)34/h5-16,31H,1-4H3,(H,30,32)/b29-19-.